The Morgan fingerprint density at radius 1 is 1.55 bits per heavy atom. The van der Waals surface area contributed by atoms with Crippen LogP contribution < -0.4 is 15.1 Å². The molecule has 1 aliphatic rings. The molecule has 2 atom stereocenters. The smallest absolute Gasteiger partial charge is 0.380 e. The second kappa shape index (κ2) is 5.37. The molecule has 0 amide bonds. The lowest BCUT2D eigenvalue weighted by Crippen LogP contribution is -2.32. The number of benzene rings is 1. The van der Waals surface area contributed by atoms with Gasteiger partial charge in [-0.3, -0.25) is 4.79 Å². The molecule has 0 radical (unpaired) electrons. The summed E-state index contributed by atoms with van der Waals surface area (Å²) >= 11 is 0. The zero-order valence-corrected chi connectivity index (χ0v) is 11.2. The highest BCUT2D eigenvalue weighted by Crippen LogP contribution is 2.37. The summed E-state index contributed by atoms with van der Waals surface area (Å²) < 4.78 is 31.7. The lowest BCUT2D eigenvalue weighted by Gasteiger charge is -2.11. The number of ether oxygens (including phenoxy) is 1. The average molecular weight is 302 g/mol. The lowest BCUT2D eigenvalue weighted by atomic mass is 10.0. The highest BCUT2D eigenvalue weighted by molar-refractivity contribution is 7.84. The van der Waals surface area contributed by atoms with Gasteiger partial charge in [0.2, 0.25) is 0 Å². The normalized spacial score (nSPS) is 19.4. The summed E-state index contributed by atoms with van der Waals surface area (Å²) in [6.07, 6.45) is -0.155. The molecule has 1 saturated heterocycles. The monoisotopic (exact) mass is 302 g/mol. The van der Waals surface area contributed by atoms with Crippen LogP contribution in [0.1, 0.15) is 17.2 Å². The van der Waals surface area contributed by atoms with Crippen LogP contribution in [0.15, 0.2) is 18.2 Å². The van der Waals surface area contributed by atoms with Gasteiger partial charge in [-0.25, -0.2) is 0 Å². The van der Waals surface area contributed by atoms with Crippen LogP contribution in [-0.2, 0) is 26.3 Å². The van der Waals surface area contributed by atoms with Gasteiger partial charge in [0, 0.05) is 5.56 Å². The fourth-order valence-corrected chi connectivity index (χ4v) is 2.15. The Kier molecular flexibility index (Phi) is 3.95. The number of hydrogen-bond donors (Lipinski definition) is 3. The molecule has 0 spiro atoms. The number of epoxide rings is 1. The van der Waals surface area contributed by atoms with Gasteiger partial charge in [-0.1, -0.05) is 6.07 Å². The van der Waals surface area contributed by atoms with Crippen molar-refractivity contribution in [2.75, 3.05) is 6.61 Å². The number of carbonyl (C=O) groups is 1. The lowest BCUT2D eigenvalue weighted by molar-refractivity contribution is -0.138. The second-order valence-electron chi connectivity index (χ2n) is 4.42. The first-order valence-electron chi connectivity index (χ1n) is 5.71. The maximum absolute atomic E-state index is 11.0. The minimum absolute atomic E-state index is 0.0719. The van der Waals surface area contributed by atoms with Crippen molar-refractivity contribution in [1.82, 2.24) is 0 Å². The summed E-state index contributed by atoms with van der Waals surface area (Å²) in [5, 5.41) is 13.6. The van der Waals surface area contributed by atoms with Crippen molar-refractivity contribution in [2.24, 2.45) is 10.9 Å². The third kappa shape index (κ3) is 3.90. The molecule has 20 heavy (non-hydrogen) atoms. The van der Waals surface area contributed by atoms with Crippen LogP contribution in [0, 0.1) is 0 Å². The predicted molar refractivity (Wildman–Crippen MR) is 68.2 cm³/mol. The summed E-state index contributed by atoms with van der Waals surface area (Å²) in [5.41, 5.74) is 6.61. The highest BCUT2D eigenvalue weighted by Gasteiger charge is 2.30. The van der Waals surface area contributed by atoms with Gasteiger partial charge in [0.1, 0.15) is 17.9 Å². The molecule has 0 aliphatic carbocycles. The molecule has 2 unspecified atom stereocenters. The maximum atomic E-state index is 11.0. The van der Waals surface area contributed by atoms with E-state index in [1.165, 1.54) is 12.1 Å². The Hall–Kier alpha value is -1.68. The van der Waals surface area contributed by atoms with Gasteiger partial charge in [0.05, 0.1) is 6.61 Å². The minimum Gasteiger partial charge on any atom is -0.480 e. The van der Waals surface area contributed by atoms with Crippen molar-refractivity contribution in [3.05, 3.63) is 29.3 Å². The van der Waals surface area contributed by atoms with Crippen LogP contribution in [0.25, 0.3) is 0 Å². The quantitative estimate of drug-likeness (QED) is 0.588. The molecular formula is C11H14N2O6S. The summed E-state index contributed by atoms with van der Waals surface area (Å²) in [6.45, 7) is 0.440. The number of carboxylic acid groups (broad SMARTS) is 1. The number of carboxylic acids is 1. The van der Waals surface area contributed by atoms with E-state index in [1.54, 1.807) is 6.07 Å². The van der Waals surface area contributed by atoms with Crippen molar-refractivity contribution in [3.8, 4) is 5.75 Å². The molecule has 0 bridgehead atoms. The topological polar surface area (TPSA) is 145 Å². The second-order valence-corrected chi connectivity index (χ2v) is 5.57. The number of hydrogen-bond acceptors (Lipinski definition) is 6. The van der Waals surface area contributed by atoms with E-state index in [9.17, 15) is 13.2 Å². The Morgan fingerprint density at radius 3 is 2.70 bits per heavy atom. The standard InChI is InChI=1S/C11H14N2O6S/c12-8(11(14)15)4-6-1-2-9(19-20(13,16)17)7(3-6)10-5-18-10/h1-3,8,10H,4-5,12H2,(H,14,15)(H2,13,16,17). The predicted octanol–water partition coefficient (Wildman–Crippen LogP) is -0.705. The summed E-state index contributed by atoms with van der Waals surface area (Å²) in [5.74, 6) is -1.04. The summed E-state index contributed by atoms with van der Waals surface area (Å²) in [6, 6.07) is 3.52. The Morgan fingerprint density at radius 2 is 2.20 bits per heavy atom. The third-order valence-electron chi connectivity index (χ3n) is 2.73. The van der Waals surface area contributed by atoms with Crippen LogP contribution in [0.4, 0.5) is 0 Å². The highest BCUT2D eigenvalue weighted by atomic mass is 32.2. The van der Waals surface area contributed by atoms with Gasteiger partial charge in [0.15, 0.2) is 0 Å². The molecule has 0 aromatic heterocycles. The number of aliphatic carboxylic acids is 1. The van der Waals surface area contributed by atoms with E-state index in [0.29, 0.717) is 17.7 Å². The van der Waals surface area contributed by atoms with Gasteiger partial charge in [-0.05, 0) is 24.1 Å². The molecule has 1 aromatic rings. The molecule has 9 heteroatoms. The van der Waals surface area contributed by atoms with Crippen LogP contribution in [0.2, 0.25) is 0 Å². The summed E-state index contributed by atoms with van der Waals surface area (Å²) in [7, 11) is -4.13. The van der Waals surface area contributed by atoms with Gasteiger partial charge in [-0.15, -0.1) is 0 Å². The van der Waals surface area contributed by atoms with Gasteiger partial charge in [0.25, 0.3) is 0 Å². The number of rotatable bonds is 6. The molecule has 5 N–H and O–H groups in total. The van der Waals surface area contributed by atoms with Crippen molar-refractivity contribution in [2.45, 2.75) is 18.6 Å². The molecule has 1 aliphatic heterocycles. The Labute approximate surface area is 115 Å². The molecular weight excluding hydrogens is 288 g/mol. The first-order valence-corrected chi connectivity index (χ1v) is 7.18. The van der Waals surface area contributed by atoms with Crippen LogP contribution in [0.5, 0.6) is 5.75 Å². The van der Waals surface area contributed by atoms with Crippen molar-refractivity contribution >= 4 is 16.3 Å². The molecule has 1 heterocycles. The summed E-state index contributed by atoms with van der Waals surface area (Å²) in [4.78, 5) is 10.7. The zero-order chi connectivity index (χ0) is 14.9. The molecule has 110 valence electrons. The molecule has 1 fully saturated rings. The molecule has 2 rings (SSSR count). The van der Waals surface area contributed by atoms with E-state index in [4.69, 9.17) is 20.7 Å². The molecule has 1 aromatic carbocycles. The van der Waals surface area contributed by atoms with E-state index in [0.717, 1.165) is 0 Å². The largest absolute Gasteiger partial charge is 0.480 e. The van der Waals surface area contributed by atoms with Gasteiger partial charge < -0.3 is 19.8 Å². The van der Waals surface area contributed by atoms with Crippen LogP contribution in [0.3, 0.4) is 0 Å². The van der Waals surface area contributed by atoms with E-state index < -0.39 is 22.3 Å². The van der Waals surface area contributed by atoms with E-state index in [-0.39, 0.29) is 18.3 Å². The molecule has 8 nitrogen and oxygen atoms in total. The van der Waals surface area contributed by atoms with E-state index >= 15 is 0 Å². The van der Waals surface area contributed by atoms with Crippen molar-refractivity contribution in [3.63, 3.8) is 0 Å². The maximum Gasteiger partial charge on any atom is 0.380 e. The molecule has 0 saturated carbocycles. The Balaban J connectivity index is 2.26. The Bertz CT molecular complexity index is 626. The van der Waals surface area contributed by atoms with Crippen LogP contribution >= 0.6 is 0 Å². The fraction of sp³-hybridized carbons (Fsp3) is 0.364. The van der Waals surface area contributed by atoms with Gasteiger partial charge in [-0.2, -0.15) is 13.6 Å². The van der Waals surface area contributed by atoms with E-state index in [1.807, 2.05) is 0 Å². The first kappa shape index (κ1) is 14.7. The van der Waals surface area contributed by atoms with Crippen molar-refractivity contribution in [1.29, 1.82) is 0 Å². The average Bonchev–Trinajstić information content (AvgIpc) is 3.13. The van der Waals surface area contributed by atoms with Gasteiger partial charge >= 0.3 is 16.3 Å². The SMILES string of the molecule is NC(Cc1ccc(OS(N)(=O)=O)c(C2CO2)c1)C(=O)O. The first-order chi connectivity index (χ1) is 9.26. The number of nitrogens with two attached hydrogens (primary N) is 2. The zero-order valence-electron chi connectivity index (χ0n) is 10.4. The third-order valence-corrected chi connectivity index (χ3v) is 3.15. The van der Waals surface area contributed by atoms with E-state index in [2.05, 4.69) is 4.18 Å². The minimum atomic E-state index is -4.13. The van der Waals surface area contributed by atoms with Crippen molar-refractivity contribution < 1.29 is 27.2 Å². The fourth-order valence-electron chi connectivity index (χ4n) is 1.75. The van der Waals surface area contributed by atoms with Crippen LogP contribution in [-0.4, -0.2) is 32.1 Å².